The van der Waals surface area contributed by atoms with E-state index in [0.29, 0.717) is 6.42 Å². The van der Waals surface area contributed by atoms with Crippen molar-refractivity contribution in [3.8, 4) is 5.75 Å². The molecular weight excluding hydrogens is 204 g/mol. The Bertz CT molecular complexity index is 423. The molecule has 0 saturated carbocycles. The van der Waals surface area contributed by atoms with Gasteiger partial charge < -0.3 is 9.84 Å². The molecule has 3 nitrogen and oxygen atoms in total. The third-order valence-electron chi connectivity index (χ3n) is 3.29. The average molecular weight is 220 g/mol. The van der Waals surface area contributed by atoms with Crippen LogP contribution in [-0.2, 0) is 17.6 Å². The summed E-state index contributed by atoms with van der Waals surface area (Å²) in [5.41, 5.74) is 3.52. The molecule has 0 aliphatic heterocycles. The largest absolute Gasteiger partial charge is 0.496 e. The number of fused-ring (bicyclic) bond motifs is 1. The van der Waals surface area contributed by atoms with Gasteiger partial charge in [-0.15, -0.1) is 0 Å². The summed E-state index contributed by atoms with van der Waals surface area (Å²) < 4.78 is 5.26. The van der Waals surface area contributed by atoms with Crippen molar-refractivity contribution in [2.24, 2.45) is 5.92 Å². The van der Waals surface area contributed by atoms with Gasteiger partial charge in [-0.3, -0.25) is 4.79 Å². The van der Waals surface area contributed by atoms with Crippen LogP contribution in [0.15, 0.2) is 12.1 Å². The molecule has 0 amide bonds. The summed E-state index contributed by atoms with van der Waals surface area (Å²) in [5, 5.41) is 9.01. The minimum atomic E-state index is -0.690. The second kappa shape index (κ2) is 4.16. The third-order valence-corrected chi connectivity index (χ3v) is 3.29. The predicted octanol–water partition coefficient (Wildman–Crippen LogP) is 2.19. The molecule has 16 heavy (non-hydrogen) atoms. The Kier molecular flexibility index (Phi) is 2.86. The molecule has 0 fully saturated rings. The molecule has 0 saturated heterocycles. The number of methoxy groups -OCH3 is 1. The third kappa shape index (κ3) is 1.90. The Labute approximate surface area is 95.0 Å². The molecule has 1 N–H and O–H groups in total. The zero-order valence-electron chi connectivity index (χ0n) is 9.62. The Morgan fingerprint density at radius 3 is 2.81 bits per heavy atom. The van der Waals surface area contributed by atoms with Crippen molar-refractivity contribution in [2.45, 2.75) is 26.2 Å². The summed E-state index contributed by atoms with van der Waals surface area (Å²) in [7, 11) is 1.65. The molecule has 2 rings (SSSR count). The van der Waals surface area contributed by atoms with E-state index in [1.165, 1.54) is 5.56 Å². The van der Waals surface area contributed by atoms with Crippen molar-refractivity contribution >= 4 is 5.97 Å². The highest BCUT2D eigenvalue weighted by molar-refractivity contribution is 5.71. The van der Waals surface area contributed by atoms with Gasteiger partial charge in [0.2, 0.25) is 0 Å². The SMILES string of the molecule is COc1cc2c(cc1C)CCC(C(=O)O)C2. The number of rotatable bonds is 2. The fraction of sp³-hybridized carbons (Fsp3) is 0.462. The number of hydrogen-bond donors (Lipinski definition) is 1. The van der Waals surface area contributed by atoms with Gasteiger partial charge in [0.1, 0.15) is 5.75 Å². The Hall–Kier alpha value is -1.51. The summed E-state index contributed by atoms with van der Waals surface area (Å²) in [6.07, 6.45) is 2.23. The van der Waals surface area contributed by atoms with Crippen LogP contribution in [0.2, 0.25) is 0 Å². The lowest BCUT2D eigenvalue weighted by molar-refractivity contribution is -0.142. The normalized spacial score (nSPS) is 19.0. The fourth-order valence-electron chi connectivity index (χ4n) is 2.34. The van der Waals surface area contributed by atoms with Gasteiger partial charge in [-0.25, -0.2) is 0 Å². The van der Waals surface area contributed by atoms with E-state index in [1.807, 2.05) is 13.0 Å². The molecule has 0 radical (unpaired) electrons. The van der Waals surface area contributed by atoms with Crippen LogP contribution in [0, 0.1) is 12.8 Å². The Morgan fingerprint density at radius 1 is 1.44 bits per heavy atom. The van der Waals surface area contributed by atoms with Crippen LogP contribution in [-0.4, -0.2) is 18.2 Å². The zero-order chi connectivity index (χ0) is 11.7. The summed E-state index contributed by atoms with van der Waals surface area (Å²) >= 11 is 0. The first-order valence-corrected chi connectivity index (χ1v) is 5.51. The molecule has 0 heterocycles. The number of carbonyl (C=O) groups is 1. The number of aryl methyl sites for hydroxylation is 2. The summed E-state index contributed by atoms with van der Waals surface area (Å²) in [6, 6.07) is 4.10. The van der Waals surface area contributed by atoms with Crippen LogP contribution >= 0.6 is 0 Å². The fourth-order valence-corrected chi connectivity index (χ4v) is 2.34. The molecule has 3 heteroatoms. The number of carboxylic acid groups (broad SMARTS) is 1. The first kappa shape index (κ1) is 11.0. The molecule has 1 atom stereocenters. The van der Waals surface area contributed by atoms with E-state index in [1.54, 1.807) is 7.11 Å². The number of aliphatic carboxylic acids is 1. The molecule has 1 aromatic carbocycles. The highest BCUT2D eigenvalue weighted by Crippen LogP contribution is 2.31. The van der Waals surface area contributed by atoms with Crippen molar-refractivity contribution in [1.82, 2.24) is 0 Å². The van der Waals surface area contributed by atoms with Crippen molar-refractivity contribution in [1.29, 1.82) is 0 Å². The van der Waals surface area contributed by atoms with E-state index in [4.69, 9.17) is 9.84 Å². The lowest BCUT2D eigenvalue weighted by Crippen LogP contribution is -2.22. The molecule has 0 aromatic heterocycles. The maximum absolute atomic E-state index is 11.0. The van der Waals surface area contributed by atoms with Gasteiger partial charge in [0.25, 0.3) is 0 Å². The van der Waals surface area contributed by atoms with Crippen molar-refractivity contribution < 1.29 is 14.6 Å². The van der Waals surface area contributed by atoms with Crippen molar-refractivity contribution in [3.05, 3.63) is 28.8 Å². The molecule has 1 unspecified atom stereocenters. The van der Waals surface area contributed by atoms with Gasteiger partial charge >= 0.3 is 5.97 Å². The minimum absolute atomic E-state index is 0.236. The van der Waals surface area contributed by atoms with Crippen molar-refractivity contribution in [2.75, 3.05) is 7.11 Å². The smallest absolute Gasteiger partial charge is 0.306 e. The Balaban J connectivity index is 2.34. The number of carboxylic acids is 1. The average Bonchev–Trinajstić information content (AvgIpc) is 2.27. The van der Waals surface area contributed by atoms with E-state index in [0.717, 1.165) is 29.7 Å². The summed E-state index contributed by atoms with van der Waals surface area (Å²) in [5.74, 6) is -0.0742. The van der Waals surface area contributed by atoms with E-state index in [2.05, 4.69) is 6.07 Å². The number of benzene rings is 1. The first-order valence-electron chi connectivity index (χ1n) is 5.51. The van der Waals surface area contributed by atoms with Crippen LogP contribution in [0.1, 0.15) is 23.1 Å². The predicted molar refractivity (Wildman–Crippen MR) is 60.9 cm³/mol. The second-order valence-corrected chi connectivity index (χ2v) is 4.37. The molecular formula is C13H16O3. The molecule has 86 valence electrons. The monoisotopic (exact) mass is 220 g/mol. The lowest BCUT2D eigenvalue weighted by Gasteiger charge is -2.22. The Morgan fingerprint density at radius 2 is 2.19 bits per heavy atom. The minimum Gasteiger partial charge on any atom is -0.496 e. The zero-order valence-corrected chi connectivity index (χ0v) is 9.62. The van der Waals surface area contributed by atoms with Gasteiger partial charge in [-0.1, -0.05) is 6.07 Å². The van der Waals surface area contributed by atoms with Crippen LogP contribution in [0.4, 0.5) is 0 Å². The molecule has 1 aromatic rings. The maximum Gasteiger partial charge on any atom is 0.306 e. The van der Waals surface area contributed by atoms with Crippen LogP contribution < -0.4 is 4.74 Å². The highest BCUT2D eigenvalue weighted by atomic mass is 16.5. The second-order valence-electron chi connectivity index (χ2n) is 4.37. The van der Waals surface area contributed by atoms with Crippen molar-refractivity contribution in [3.63, 3.8) is 0 Å². The van der Waals surface area contributed by atoms with Crippen LogP contribution in [0.3, 0.4) is 0 Å². The molecule has 1 aliphatic carbocycles. The standard InChI is InChI=1S/C13H16O3/c1-8-5-9-3-4-10(13(14)15)6-11(9)7-12(8)16-2/h5,7,10H,3-4,6H2,1-2H3,(H,14,15). The quantitative estimate of drug-likeness (QED) is 0.831. The van der Waals surface area contributed by atoms with E-state index in [9.17, 15) is 4.79 Å². The first-order chi connectivity index (χ1) is 7.61. The topological polar surface area (TPSA) is 46.5 Å². The van der Waals surface area contributed by atoms with E-state index < -0.39 is 5.97 Å². The van der Waals surface area contributed by atoms with Gasteiger partial charge in [0.15, 0.2) is 0 Å². The van der Waals surface area contributed by atoms with Crippen LogP contribution in [0.25, 0.3) is 0 Å². The van der Waals surface area contributed by atoms with Gasteiger partial charge in [0.05, 0.1) is 13.0 Å². The summed E-state index contributed by atoms with van der Waals surface area (Å²) in [6.45, 7) is 2.02. The van der Waals surface area contributed by atoms with Gasteiger partial charge in [-0.2, -0.15) is 0 Å². The van der Waals surface area contributed by atoms with Crippen LogP contribution in [0.5, 0.6) is 5.75 Å². The van der Waals surface area contributed by atoms with Gasteiger partial charge in [0, 0.05) is 0 Å². The molecule has 0 spiro atoms. The van der Waals surface area contributed by atoms with E-state index in [-0.39, 0.29) is 5.92 Å². The lowest BCUT2D eigenvalue weighted by atomic mass is 9.83. The highest BCUT2D eigenvalue weighted by Gasteiger charge is 2.24. The molecule has 0 bridgehead atoms. The van der Waals surface area contributed by atoms with Gasteiger partial charge in [-0.05, 0) is 48.9 Å². The maximum atomic E-state index is 11.0. The van der Waals surface area contributed by atoms with E-state index >= 15 is 0 Å². The number of ether oxygens (including phenoxy) is 1. The number of hydrogen-bond acceptors (Lipinski definition) is 2. The summed E-state index contributed by atoms with van der Waals surface area (Å²) in [4.78, 5) is 11.0. The molecule has 1 aliphatic rings.